The minimum absolute atomic E-state index is 0.0527. The van der Waals surface area contributed by atoms with Crippen molar-refractivity contribution in [1.82, 2.24) is 24.6 Å². The highest BCUT2D eigenvalue weighted by Crippen LogP contribution is 2.18. The molecule has 0 unspecified atom stereocenters. The van der Waals surface area contributed by atoms with Crippen molar-refractivity contribution >= 4 is 17.6 Å². The number of nitrogens with one attached hydrogen (secondary N) is 1. The van der Waals surface area contributed by atoms with Gasteiger partial charge in [-0.15, -0.1) is 0 Å². The molecule has 0 radical (unpaired) electrons. The van der Waals surface area contributed by atoms with E-state index in [9.17, 15) is 9.59 Å². The highest BCUT2D eigenvalue weighted by Gasteiger charge is 2.26. The van der Waals surface area contributed by atoms with Gasteiger partial charge in [0, 0.05) is 31.9 Å². The maximum Gasteiger partial charge on any atom is 0.321 e. The zero-order valence-electron chi connectivity index (χ0n) is 16.3. The molecule has 3 amide bonds. The van der Waals surface area contributed by atoms with Crippen LogP contribution in [0.25, 0.3) is 5.69 Å². The summed E-state index contributed by atoms with van der Waals surface area (Å²) in [7, 11) is 0. The molecule has 1 aromatic carbocycles. The first kappa shape index (κ1) is 18.7. The van der Waals surface area contributed by atoms with Crippen LogP contribution in [0.5, 0.6) is 0 Å². The summed E-state index contributed by atoms with van der Waals surface area (Å²) in [5.41, 5.74) is 2.15. The molecule has 1 saturated heterocycles. The minimum atomic E-state index is -0.180. The number of hydrogen-bond donors (Lipinski definition) is 1. The smallest absolute Gasteiger partial charge is 0.321 e. The van der Waals surface area contributed by atoms with Crippen LogP contribution in [-0.2, 0) is 0 Å². The van der Waals surface area contributed by atoms with Crippen LogP contribution < -0.4 is 5.32 Å². The van der Waals surface area contributed by atoms with E-state index in [1.807, 2.05) is 31.2 Å². The van der Waals surface area contributed by atoms with Gasteiger partial charge < -0.3 is 19.5 Å². The van der Waals surface area contributed by atoms with Crippen molar-refractivity contribution in [2.45, 2.75) is 13.8 Å². The van der Waals surface area contributed by atoms with Crippen LogP contribution in [0, 0.1) is 13.8 Å². The molecule has 3 heterocycles. The second kappa shape index (κ2) is 7.78. The third-order valence-electron chi connectivity index (χ3n) is 4.93. The topological polar surface area (TPSA) is 96.5 Å². The molecular formula is C20H22N6O3. The summed E-state index contributed by atoms with van der Waals surface area (Å²) in [4.78, 5) is 32.6. The molecule has 0 atom stereocenters. The van der Waals surface area contributed by atoms with E-state index in [-0.39, 0.29) is 11.9 Å². The Morgan fingerprint density at radius 2 is 1.72 bits per heavy atom. The minimum Gasteiger partial charge on any atom is -0.466 e. The fourth-order valence-electron chi connectivity index (χ4n) is 3.37. The Hall–Kier alpha value is -3.62. The lowest BCUT2D eigenvalue weighted by molar-refractivity contribution is 0.0670. The average Bonchev–Trinajstić information content (AvgIpc) is 3.38. The number of benzene rings is 1. The molecule has 4 rings (SSSR count). The van der Waals surface area contributed by atoms with Gasteiger partial charge in [-0.3, -0.25) is 4.79 Å². The lowest BCUT2D eigenvalue weighted by Crippen LogP contribution is -2.51. The van der Waals surface area contributed by atoms with Crippen molar-refractivity contribution < 1.29 is 14.0 Å². The molecule has 3 aromatic rings. The lowest BCUT2D eigenvalue weighted by atomic mass is 10.2. The van der Waals surface area contributed by atoms with E-state index in [0.29, 0.717) is 43.2 Å². The Morgan fingerprint density at radius 1 is 1.03 bits per heavy atom. The monoisotopic (exact) mass is 394 g/mol. The van der Waals surface area contributed by atoms with Crippen molar-refractivity contribution in [2.24, 2.45) is 0 Å². The maximum absolute atomic E-state index is 12.7. The molecule has 2 aromatic heterocycles. The molecule has 9 nitrogen and oxygen atoms in total. The quantitative estimate of drug-likeness (QED) is 0.736. The summed E-state index contributed by atoms with van der Waals surface area (Å²) in [5.74, 6) is 1.30. The van der Waals surface area contributed by atoms with E-state index in [1.54, 1.807) is 33.8 Å². The van der Waals surface area contributed by atoms with Crippen LogP contribution in [0.4, 0.5) is 10.5 Å². The first-order valence-corrected chi connectivity index (χ1v) is 9.38. The van der Waals surface area contributed by atoms with Crippen LogP contribution in [0.3, 0.4) is 0 Å². The first-order valence-electron chi connectivity index (χ1n) is 9.38. The zero-order valence-corrected chi connectivity index (χ0v) is 16.3. The van der Waals surface area contributed by atoms with Crippen LogP contribution in [0.2, 0.25) is 0 Å². The Labute approximate surface area is 167 Å². The van der Waals surface area contributed by atoms with Gasteiger partial charge in [0.15, 0.2) is 0 Å². The summed E-state index contributed by atoms with van der Waals surface area (Å²) in [5, 5.41) is 6.97. The molecular weight excluding hydrogens is 372 g/mol. The van der Waals surface area contributed by atoms with Crippen molar-refractivity contribution in [3.8, 4) is 5.69 Å². The molecule has 0 saturated carbocycles. The van der Waals surface area contributed by atoms with Crippen molar-refractivity contribution in [2.75, 3.05) is 31.5 Å². The number of nitrogens with zero attached hydrogens (tertiary/aromatic N) is 5. The van der Waals surface area contributed by atoms with Gasteiger partial charge in [-0.05, 0) is 44.2 Å². The number of aromatic nitrogens is 3. The fraction of sp³-hybridized carbons (Fsp3) is 0.300. The number of carbonyl (C=O) groups excluding carboxylic acids is 2. The second-order valence-electron chi connectivity index (χ2n) is 6.92. The number of furan rings is 1. The number of piperazine rings is 1. The maximum atomic E-state index is 12.7. The Morgan fingerprint density at radius 3 is 2.31 bits per heavy atom. The van der Waals surface area contributed by atoms with E-state index >= 15 is 0 Å². The Balaban J connectivity index is 1.32. The second-order valence-corrected chi connectivity index (χ2v) is 6.92. The third-order valence-corrected chi connectivity index (χ3v) is 4.93. The van der Waals surface area contributed by atoms with Gasteiger partial charge in [0.25, 0.3) is 5.91 Å². The van der Waals surface area contributed by atoms with Gasteiger partial charge in [-0.25, -0.2) is 14.5 Å². The van der Waals surface area contributed by atoms with E-state index in [1.165, 1.54) is 6.33 Å². The molecule has 0 aliphatic carbocycles. The number of anilines is 1. The van der Waals surface area contributed by atoms with E-state index in [2.05, 4.69) is 15.4 Å². The van der Waals surface area contributed by atoms with Crippen LogP contribution in [-0.4, -0.2) is 62.7 Å². The van der Waals surface area contributed by atoms with Crippen molar-refractivity contribution in [3.63, 3.8) is 0 Å². The zero-order chi connectivity index (χ0) is 20.4. The largest absolute Gasteiger partial charge is 0.466 e. The van der Waals surface area contributed by atoms with Crippen LogP contribution in [0.15, 0.2) is 47.4 Å². The number of hydrogen-bond acceptors (Lipinski definition) is 5. The lowest BCUT2D eigenvalue weighted by Gasteiger charge is -2.34. The molecule has 1 fully saturated rings. The average molecular weight is 394 g/mol. The normalized spacial score (nSPS) is 14.1. The summed E-state index contributed by atoms with van der Waals surface area (Å²) in [6, 6.07) is 8.93. The summed E-state index contributed by atoms with van der Waals surface area (Å²) < 4.78 is 7.10. The third kappa shape index (κ3) is 3.98. The molecule has 1 aliphatic rings. The Bertz CT molecular complexity index is 1000. The predicted molar refractivity (Wildman–Crippen MR) is 106 cm³/mol. The number of rotatable bonds is 3. The van der Waals surface area contributed by atoms with E-state index in [0.717, 1.165) is 11.4 Å². The standard InChI is InChI=1S/C20H22N6O3/c1-14-11-18(15(2)29-14)19(27)24-7-9-25(10-8-24)20(28)23-16-3-5-17(6-4-16)26-13-21-12-22-26/h3-6,11-13H,7-10H2,1-2H3,(H,23,28). The van der Waals surface area contributed by atoms with Gasteiger partial charge in [-0.1, -0.05) is 0 Å². The molecule has 150 valence electrons. The van der Waals surface area contributed by atoms with Gasteiger partial charge in [0.05, 0.1) is 11.3 Å². The number of carbonyl (C=O) groups is 2. The SMILES string of the molecule is Cc1cc(C(=O)N2CCN(C(=O)Nc3ccc(-n4cncn4)cc3)CC2)c(C)o1. The van der Waals surface area contributed by atoms with Crippen molar-refractivity contribution in [3.05, 3.63) is 60.1 Å². The molecule has 1 aliphatic heterocycles. The fourth-order valence-corrected chi connectivity index (χ4v) is 3.37. The molecule has 1 N–H and O–H groups in total. The van der Waals surface area contributed by atoms with Gasteiger partial charge >= 0.3 is 6.03 Å². The van der Waals surface area contributed by atoms with Gasteiger partial charge in [-0.2, -0.15) is 5.10 Å². The summed E-state index contributed by atoms with van der Waals surface area (Å²) >= 11 is 0. The highest BCUT2D eigenvalue weighted by molar-refractivity contribution is 5.95. The molecule has 0 bridgehead atoms. The van der Waals surface area contributed by atoms with Gasteiger partial charge in [0.1, 0.15) is 24.2 Å². The first-order chi connectivity index (χ1) is 14.0. The summed E-state index contributed by atoms with van der Waals surface area (Å²) in [6.45, 7) is 5.54. The predicted octanol–water partition coefficient (Wildman–Crippen LogP) is 2.47. The van der Waals surface area contributed by atoms with Crippen LogP contribution >= 0.6 is 0 Å². The number of urea groups is 1. The van der Waals surface area contributed by atoms with E-state index in [4.69, 9.17) is 4.42 Å². The highest BCUT2D eigenvalue weighted by atomic mass is 16.3. The number of amides is 3. The molecule has 0 spiro atoms. The summed E-state index contributed by atoms with van der Waals surface area (Å²) in [6.07, 6.45) is 3.08. The van der Waals surface area contributed by atoms with E-state index < -0.39 is 0 Å². The van der Waals surface area contributed by atoms with Crippen molar-refractivity contribution in [1.29, 1.82) is 0 Å². The Kier molecular flexibility index (Phi) is 5.03. The molecule has 29 heavy (non-hydrogen) atoms. The number of aryl methyl sites for hydroxylation is 2. The molecule has 9 heteroatoms. The van der Waals surface area contributed by atoms with Crippen LogP contribution in [0.1, 0.15) is 21.9 Å². The van der Waals surface area contributed by atoms with Gasteiger partial charge in [0.2, 0.25) is 0 Å².